The molecule has 1 unspecified atom stereocenters. The second-order valence-corrected chi connectivity index (χ2v) is 6.47. The highest BCUT2D eigenvalue weighted by Gasteiger charge is 2.24. The van der Waals surface area contributed by atoms with Crippen LogP contribution in [0.4, 0.5) is 0 Å². The molecule has 2 saturated carbocycles. The van der Waals surface area contributed by atoms with E-state index in [1.54, 1.807) is 0 Å². The summed E-state index contributed by atoms with van der Waals surface area (Å²) in [5.74, 6) is 1.95. The molecule has 0 aliphatic heterocycles. The predicted molar refractivity (Wildman–Crippen MR) is 83.1 cm³/mol. The summed E-state index contributed by atoms with van der Waals surface area (Å²) >= 11 is 0. The minimum atomic E-state index is 0.473. The van der Waals surface area contributed by atoms with E-state index < -0.39 is 0 Å². The zero-order chi connectivity index (χ0) is 13.8. The quantitative estimate of drug-likeness (QED) is 0.826. The van der Waals surface area contributed by atoms with Gasteiger partial charge in [-0.2, -0.15) is 0 Å². The largest absolute Gasteiger partial charge is 0.490 e. The van der Waals surface area contributed by atoms with Crippen molar-refractivity contribution >= 4 is 0 Å². The number of ether oxygens (including phenoxy) is 1. The van der Waals surface area contributed by atoms with Crippen LogP contribution in [-0.2, 0) is 0 Å². The maximum absolute atomic E-state index is 5.92. The summed E-state index contributed by atoms with van der Waals surface area (Å²) in [6, 6.07) is 9.18. The van der Waals surface area contributed by atoms with Crippen molar-refractivity contribution in [3.05, 3.63) is 29.8 Å². The summed E-state index contributed by atoms with van der Waals surface area (Å²) < 4.78 is 5.92. The molecule has 3 rings (SSSR count). The Kier molecular flexibility index (Phi) is 4.62. The van der Waals surface area contributed by atoms with E-state index in [0.717, 1.165) is 11.7 Å². The Morgan fingerprint density at radius 2 is 1.95 bits per heavy atom. The summed E-state index contributed by atoms with van der Waals surface area (Å²) in [6.45, 7) is 0. The van der Waals surface area contributed by atoms with Crippen LogP contribution < -0.4 is 10.1 Å². The van der Waals surface area contributed by atoms with E-state index in [1.807, 2.05) is 0 Å². The van der Waals surface area contributed by atoms with Gasteiger partial charge in [0.2, 0.25) is 0 Å². The van der Waals surface area contributed by atoms with Crippen molar-refractivity contribution in [2.45, 2.75) is 63.5 Å². The fourth-order valence-electron chi connectivity index (χ4n) is 3.36. The Morgan fingerprint density at radius 3 is 2.65 bits per heavy atom. The van der Waals surface area contributed by atoms with Crippen LogP contribution in [0.2, 0.25) is 0 Å². The first-order chi connectivity index (χ1) is 9.85. The number of benzene rings is 1. The van der Waals surface area contributed by atoms with E-state index in [1.165, 1.54) is 56.9 Å². The zero-order valence-corrected chi connectivity index (χ0v) is 12.6. The van der Waals surface area contributed by atoms with Gasteiger partial charge in [0.15, 0.2) is 0 Å². The molecule has 110 valence electrons. The van der Waals surface area contributed by atoms with Gasteiger partial charge in [-0.05, 0) is 49.9 Å². The minimum absolute atomic E-state index is 0.473. The molecule has 0 spiro atoms. The van der Waals surface area contributed by atoms with Crippen molar-refractivity contribution < 1.29 is 4.74 Å². The van der Waals surface area contributed by atoms with E-state index >= 15 is 0 Å². The zero-order valence-electron chi connectivity index (χ0n) is 12.6. The normalized spacial score (nSPS) is 21.6. The van der Waals surface area contributed by atoms with Gasteiger partial charge in [-0.3, -0.25) is 0 Å². The van der Waals surface area contributed by atoms with Crippen LogP contribution in [0.5, 0.6) is 5.75 Å². The van der Waals surface area contributed by atoms with E-state index in [4.69, 9.17) is 4.74 Å². The van der Waals surface area contributed by atoms with Gasteiger partial charge in [-0.15, -0.1) is 0 Å². The molecule has 1 aromatic carbocycles. The molecule has 1 aromatic rings. The molecule has 1 atom stereocenters. The van der Waals surface area contributed by atoms with Gasteiger partial charge in [0, 0.05) is 6.04 Å². The number of rotatable bonds is 6. The minimum Gasteiger partial charge on any atom is -0.490 e. The molecular formula is C18H27NO. The molecule has 1 N–H and O–H groups in total. The summed E-state index contributed by atoms with van der Waals surface area (Å²) in [7, 11) is 2.09. The van der Waals surface area contributed by atoms with Gasteiger partial charge in [0.05, 0.1) is 6.10 Å². The topological polar surface area (TPSA) is 21.3 Å². The van der Waals surface area contributed by atoms with E-state index in [2.05, 4.69) is 36.6 Å². The Balaban J connectivity index is 1.64. The highest BCUT2D eigenvalue weighted by molar-refractivity contribution is 5.31. The second-order valence-electron chi connectivity index (χ2n) is 6.47. The number of hydrogen-bond acceptors (Lipinski definition) is 2. The number of hydrogen-bond donors (Lipinski definition) is 1. The van der Waals surface area contributed by atoms with Crippen molar-refractivity contribution in [3.8, 4) is 5.75 Å². The van der Waals surface area contributed by atoms with Gasteiger partial charge < -0.3 is 10.1 Å². The Hall–Kier alpha value is -1.02. The summed E-state index contributed by atoms with van der Waals surface area (Å²) in [5, 5.41) is 3.51. The lowest BCUT2D eigenvalue weighted by atomic mass is 9.83. The highest BCUT2D eigenvalue weighted by Crippen LogP contribution is 2.33. The van der Waals surface area contributed by atoms with Crippen molar-refractivity contribution in [3.63, 3.8) is 0 Å². The van der Waals surface area contributed by atoms with Crippen LogP contribution in [0.25, 0.3) is 0 Å². The monoisotopic (exact) mass is 273 g/mol. The third kappa shape index (κ3) is 3.76. The third-order valence-electron chi connectivity index (χ3n) is 4.73. The predicted octanol–water partition coefficient (Wildman–Crippen LogP) is 4.46. The summed E-state index contributed by atoms with van der Waals surface area (Å²) in [5.41, 5.74) is 1.39. The average molecular weight is 273 g/mol. The molecular weight excluding hydrogens is 246 g/mol. The van der Waals surface area contributed by atoms with Gasteiger partial charge in [0.25, 0.3) is 0 Å². The molecule has 0 bridgehead atoms. The molecule has 2 heteroatoms. The Morgan fingerprint density at radius 1 is 1.15 bits per heavy atom. The molecule has 2 aliphatic carbocycles. The highest BCUT2D eigenvalue weighted by atomic mass is 16.5. The van der Waals surface area contributed by atoms with Crippen LogP contribution in [-0.4, -0.2) is 13.2 Å². The van der Waals surface area contributed by atoms with Crippen LogP contribution in [0, 0.1) is 5.92 Å². The van der Waals surface area contributed by atoms with Crippen molar-refractivity contribution in [1.82, 2.24) is 5.32 Å². The second kappa shape index (κ2) is 6.62. The van der Waals surface area contributed by atoms with Crippen LogP contribution in [0.3, 0.4) is 0 Å². The molecule has 2 fully saturated rings. The van der Waals surface area contributed by atoms with E-state index in [9.17, 15) is 0 Å². The van der Waals surface area contributed by atoms with Gasteiger partial charge in [-0.25, -0.2) is 0 Å². The van der Waals surface area contributed by atoms with E-state index in [0.29, 0.717) is 12.1 Å². The lowest BCUT2D eigenvalue weighted by Gasteiger charge is -2.26. The summed E-state index contributed by atoms with van der Waals surface area (Å²) in [6.07, 6.45) is 11.3. The van der Waals surface area contributed by atoms with Gasteiger partial charge in [0.1, 0.15) is 5.75 Å². The first-order valence-corrected chi connectivity index (χ1v) is 8.29. The molecule has 2 nitrogen and oxygen atoms in total. The molecule has 20 heavy (non-hydrogen) atoms. The first kappa shape index (κ1) is 13.9. The molecule has 0 radical (unpaired) electrons. The smallest absolute Gasteiger partial charge is 0.120 e. The molecule has 0 aromatic heterocycles. The average Bonchev–Trinajstić information content (AvgIpc) is 3.30. The van der Waals surface area contributed by atoms with Crippen LogP contribution in [0.15, 0.2) is 24.3 Å². The maximum Gasteiger partial charge on any atom is 0.120 e. The van der Waals surface area contributed by atoms with Crippen molar-refractivity contribution in [2.75, 3.05) is 7.05 Å². The molecule has 2 aliphatic rings. The van der Waals surface area contributed by atoms with Gasteiger partial charge >= 0.3 is 0 Å². The maximum atomic E-state index is 5.92. The fraction of sp³-hybridized carbons (Fsp3) is 0.667. The van der Waals surface area contributed by atoms with Crippen LogP contribution >= 0.6 is 0 Å². The SMILES string of the molecule is CNC(CC1CCCCC1)c1cccc(OC2CC2)c1. The fourth-order valence-corrected chi connectivity index (χ4v) is 3.36. The third-order valence-corrected chi connectivity index (χ3v) is 4.73. The number of nitrogens with one attached hydrogen (secondary N) is 1. The summed E-state index contributed by atoms with van der Waals surface area (Å²) in [4.78, 5) is 0. The standard InChI is InChI=1S/C18H27NO/c1-19-18(12-14-6-3-2-4-7-14)15-8-5-9-17(13-15)20-16-10-11-16/h5,8-9,13-14,16,18-19H,2-4,6-7,10-12H2,1H3. The molecule has 0 amide bonds. The molecule has 0 saturated heterocycles. The first-order valence-electron chi connectivity index (χ1n) is 8.29. The van der Waals surface area contributed by atoms with Crippen LogP contribution in [0.1, 0.15) is 63.0 Å². The Labute approximate surface area is 122 Å². The molecule has 0 heterocycles. The van der Waals surface area contributed by atoms with E-state index in [-0.39, 0.29) is 0 Å². The lowest BCUT2D eigenvalue weighted by Crippen LogP contribution is -2.21. The van der Waals surface area contributed by atoms with Crippen molar-refractivity contribution in [1.29, 1.82) is 0 Å². The van der Waals surface area contributed by atoms with Gasteiger partial charge in [-0.1, -0.05) is 44.2 Å². The Bertz CT molecular complexity index is 421. The lowest BCUT2D eigenvalue weighted by molar-refractivity contribution is 0.297. The van der Waals surface area contributed by atoms with Crippen molar-refractivity contribution in [2.24, 2.45) is 5.92 Å².